The summed E-state index contributed by atoms with van der Waals surface area (Å²) in [6.45, 7) is 1.12. The monoisotopic (exact) mass is 465 g/mol. The molecular weight excluding hydrogens is 434 g/mol. The van der Waals surface area contributed by atoms with Crippen LogP contribution in [0, 0.1) is 0 Å². The Morgan fingerprint density at radius 3 is 2.45 bits per heavy atom. The molecule has 1 aromatic heterocycles. The van der Waals surface area contributed by atoms with Gasteiger partial charge in [-0.15, -0.1) is 0 Å². The van der Waals surface area contributed by atoms with Gasteiger partial charge in [0, 0.05) is 29.6 Å². The van der Waals surface area contributed by atoms with Crippen LogP contribution in [0.2, 0.25) is 0 Å². The van der Waals surface area contributed by atoms with E-state index in [0.717, 1.165) is 23.7 Å². The summed E-state index contributed by atoms with van der Waals surface area (Å²) in [6.07, 6.45) is 5.81. The molecule has 1 aliphatic carbocycles. The molecule has 7 heteroatoms. The lowest BCUT2D eigenvalue weighted by Crippen LogP contribution is -2.46. The van der Waals surface area contributed by atoms with E-state index in [1.54, 1.807) is 20.3 Å². The predicted octanol–water partition coefficient (Wildman–Crippen LogP) is 4.75. The minimum Gasteiger partial charge on any atom is -0.493 e. The van der Waals surface area contributed by atoms with Crippen LogP contribution in [0.15, 0.2) is 53.3 Å². The van der Waals surface area contributed by atoms with Crippen molar-refractivity contribution in [3.8, 4) is 11.5 Å². The largest absolute Gasteiger partial charge is 0.493 e. The Hall–Kier alpha value is -3.06. The number of nitrogens with one attached hydrogen (secondary N) is 2. The number of thiocarbonyl (C=S) groups is 1. The fraction of sp³-hybridized carbons (Fsp3) is 0.385. The van der Waals surface area contributed by atoms with Crippen molar-refractivity contribution in [2.75, 3.05) is 14.2 Å². The fourth-order valence-corrected chi connectivity index (χ4v) is 4.80. The van der Waals surface area contributed by atoms with E-state index in [-0.39, 0.29) is 5.56 Å². The number of H-pyrrole nitrogens is 1. The third kappa shape index (κ3) is 5.47. The zero-order chi connectivity index (χ0) is 23.2. The summed E-state index contributed by atoms with van der Waals surface area (Å²) in [5, 5.41) is 5.00. The SMILES string of the molecule is COc1cc2cc(CN(C(=S)NCc3ccccc3)C3CCCCC3)c(=O)[nH]c2cc1OC. The number of nitrogens with zero attached hydrogens (tertiary/aromatic N) is 1. The lowest BCUT2D eigenvalue weighted by molar-refractivity contribution is 0.234. The molecular formula is C26H31N3O3S. The first kappa shape index (κ1) is 23.1. The first-order valence-electron chi connectivity index (χ1n) is 11.5. The van der Waals surface area contributed by atoms with Crippen LogP contribution in [0.25, 0.3) is 10.9 Å². The molecule has 174 valence electrons. The second-order valence-corrected chi connectivity index (χ2v) is 8.87. The molecule has 3 aromatic rings. The zero-order valence-electron chi connectivity index (χ0n) is 19.2. The maximum absolute atomic E-state index is 13.0. The van der Waals surface area contributed by atoms with Crippen LogP contribution in [0.4, 0.5) is 0 Å². The molecule has 33 heavy (non-hydrogen) atoms. The van der Waals surface area contributed by atoms with Gasteiger partial charge in [0.15, 0.2) is 16.6 Å². The molecule has 1 heterocycles. The molecule has 4 rings (SSSR count). The molecule has 0 radical (unpaired) electrons. The fourth-order valence-electron chi connectivity index (χ4n) is 4.51. The zero-order valence-corrected chi connectivity index (χ0v) is 20.0. The predicted molar refractivity (Wildman–Crippen MR) is 136 cm³/mol. The van der Waals surface area contributed by atoms with E-state index in [4.69, 9.17) is 21.7 Å². The summed E-state index contributed by atoms with van der Waals surface area (Å²) in [6, 6.07) is 16.2. The van der Waals surface area contributed by atoms with E-state index >= 15 is 0 Å². The second kappa shape index (κ2) is 10.7. The normalized spacial score (nSPS) is 14.1. The number of methoxy groups -OCH3 is 2. The van der Waals surface area contributed by atoms with Crippen LogP contribution < -0.4 is 20.3 Å². The number of ether oxygens (including phenoxy) is 2. The maximum Gasteiger partial charge on any atom is 0.253 e. The van der Waals surface area contributed by atoms with E-state index in [0.29, 0.717) is 41.3 Å². The Balaban J connectivity index is 1.61. The second-order valence-electron chi connectivity index (χ2n) is 8.48. The number of hydrogen-bond donors (Lipinski definition) is 2. The molecule has 0 spiro atoms. The summed E-state index contributed by atoms with van der Waals surface area (Å²) in [5.74, 6) is 1.22. The molecule has 1 aliphatic rings. The minimum absolute atomic E-state index is 0.110. The Bertz CT molecular complexity index is 1160. The van der Waals surface area contributed by atoms with Crippen LogP contribution in [-0.2, 0) is 13.1 Å². The van der Waals surface area contributed by atoms with Crippen molar-refractivity contribution in [1.82, 2.24) is 15.2 Å². The van der Waals surface area contributed by atoms with Gasteiger partial charge < -0.3 is 24.7 Å². The first-order valence-corrected chi connectivity index (χ1v) is 11.9. The van der Waals surface area contributed by atoms with Crippen molar-refractivity contribution in [3.63, 3.8) is 0 Å². The Labute approximate surface area is 199 Å². The standard InChI is InChI=1S/C26H31N3O3S/c1-31-23-14-19-13-20(25(30)28-22(19)15-24(23)32-2)17-29(21-11-7-4-8-12-21)26(33)27-16-18-9-5-3-6-10-18/h3,5-6,9-10,13-15,21H,4,7-8,11-12,16-17H2,1-2H3,(H,27,33)(H,28,30). The molecule has 0 bridgehead atoms. The van der Waals surface area contributed by atoms with Gasteiger partial charge in [-0.05, 0) is 42.8 Å². The third-order valence-electron chi connectivity index (χ3n) is 6.33. The van der Waals surface area contributed by atoms with Crippen molar-refractivity contribution < 1.29 is 9.47 Å². The number of aromatic nitrogens is 1. The van der Waals surface area contributed by atoms with Crippen molar-refractivity contribution in [3.05, 3.63) is 70.0 Å². The summed E-state index contributed by atoms with van der Waals surface area (Å²) >= 11 is 5.83. The van der Waals surface area contributed by atoms with Crippen LogP contribution >= 0.6 is 12.2 Å². The van der Waals surface area contributed by atoms with E-state index in [1.165, 1.54) is 24.8 Å². The number of hydrogen-bond acceptors (Lipinski definition) is 4. The smallest absolute Gasteiger partial charge is 0.253 e. The highest BCUT2D eigenvalue weighted by Crippen LogP contribution is 2.31. The van der Waals surface area contributed by atoms with Crippen LogP contribution in [-0.4, -0.2) is 35.3 Å². The number of rotatable bonds is 7. The molecule has 2 aromatic carbocycles. The number of fused-ring (bicyclic) bond motifs is 1. The molecule has 0 aliphatic heterocycles. The summed E-state index contributed by atoms with van der Waals surface area (Å²) in [4.78, 5) is 18.2. The van der Waals surface area contributed by atoms with Crippen LogP contribution in [0.1, 0.15) is 43.2 Å². The molecule has 0 atom stereocenters. The average Bonchev–Trinajstić information content (AvgIpc) is 2.86. The van der Waals surface area contributed by atoms with Crippen molar-refractivity contribution in [2.45, 2.75) is 51.2 Å². The lowest BCUT2D eigenvalue weighted by atomic mass is 9.94. The maximum atomic E-state index is 13.0. The molecule has 0 amide bonds. The van der Waals surface area contributed by atoms with Gasteiger partial charge in [0.1, 0.15) is 0 Å². The average molecular weight is 466 g/mol. The van der Waals surface area contributed by atoms with E-state index < -0.39 is 0 Å². The van der Waals surface area contributed by atoms with Crippen LogP contribution in [0.3, 0.4) is 0 Å². The molecule has 0 unspecified atom stereocenters. The Kier molecular flexibility index (Phi) is 7.50. The molecule has 0 saturated heterocycles. The van der Waals surface area contributed by atoms with Crippen molar-refractivity contribution in [1.29, 1.82) is 0 Å². The van der Waals surface area contributed by atoms with Gasteiger partial charge in [0.2, 0.25) is 0 Å². The van der Waals surface area contributed by atoms with Gasteiger partial charge in [-0.2, -0.15) is 0 Å². The van der Waals surface area contributed by atoms with Gasteiger partial charge >= 0.3 is 0 Å². The highest BCUT2D eigenvalue weighted by molar-refractivity contribution is 7.80. The quantitative estimate of drug-likeness (QED) is 0.491. The number of aromatic amines is 1. The number of benzene rings is 2. The van der Waals surface area contributed by atoms with Gasteiger partial charge in [0.25, 0.3) is 5.56 Å². The van der Waals surface area contributed by atoms with Gasteiger partial charge in [-0.1, -0.05) is 49.6 Å². The summed E-state index contributed by atoms with van der Waals surface area (Å²) < 4.78 is 10.8. The van der Waals surface area contributed by atoms with Crippen molar-refractivity contribution >= 4 is 28.2 Å². The number of pyridine rings is 1. The summed E-state index contributed by atoms with van der Waals surface area (Å²) in [5.41, 5.74) is 2.47. The summed E-state index contributed by atoms with van der Waals surface area (Å²) in [7, 11) is 3.19. The highest BCUT2D eigenvalue weighted by Gasteiger charge is 2.24. The molecule has 2 N–H and O–H groups in total. The van der Waals surface area contributed by atoms with E-state index in [2.05, 4.69) is 27.3 Å². The highest BCUT2D eigenvalue weighted by atomic mass is 32.1. The molecule has 1 saturated carbocycles. The molecule has 1 fully saturated rings. The van der Waals surface area contributed by atoms with Gasteiger partial charge in [0.05, 0.1) is 26.3 Å². The van der Waals surface area contributed by atoms with E-state index in [1.807, 2.05) is 30.3 Å². The minimum atomic E-state index is -0.110. The van der Waals surface area contributed by atoms with Crippen LogP contribution in [0.5, 0.6) is 11.5 Å². The first-order chi connectivity index (χ1) is 16.1. The van der Waals surface area contributed by atoms with Gasteiger partial charge in [-0.25, -0.2) is 0 Å². The topological polar surface area (TPSA) is 66.6 Å². The third-order valence-corrected chi connectivity index (χ3v) is 6.71. The van der Waals surface area contributed by atoms with Gasteiger partial charge in [-0.3, -0.25) is 4.79 Å². The Morgan fingerprint density at radius 1 is 1.06 bits per heavy atom. The van der Waals surface area contributed by atoms with E-state index in [9.17, 15) is 4.79 Å². The Morgan fingerprint density at radius 2 is 1.76 bits per heavy atom. The van der Waals surface area contributed by atoms with Crippen molar-refractivity contribution in [2.24, 2.45) is 0 Å². The molecule has 6 nitrogen and oxygen atoms in total. The lowest BCUT2D eigenvalue weighted by Gasteiger charge is -2.36.